The van der Waals surface area contributed by atoms with Crippen LogP contribution in [0.2, 0.25) is 0 Å². The van der Waals surface area contributed by atoms with Crippen molar-refractivity contribution in [2.75, 3.05) is 25.1 Å². The van der Waals surface area contributed by atoms with Crippen molar-refractivity contribution in [3.63, 3.8) is 0 Å². The summed E-state index contributed by atoms with van der Waals surface area (Å²) in [6.45, 7) is -1.21. The molecule has 0 spiro atoms. The summed E-state index contributed by atoms with van der Waals surface area (Å²) in [5.74, 6) is -0.0914. The molecule has 1 rings (SSSR count). The summed E-state index contributed by atoms with van der Waals surface area (Å²) < 4.78 is 42.4. The maximum atomic E-state index is 12.5. The molecule has 0 aliphatic heterocycles. The van der Waals surface area contributed by atoms with Crippen molar-refractivity contribution in [3.8, 4) is 5.75 Å². The van der Waals surface area contributed by atoms with Crippen LogP contribution in [0.3, 0.4) is 0 Å². The quantitative estimate of drug-likeness (QED) is 0.864. The van der Waals surface area contributed by atoms with Gasteiger partial charge in [0.25, 0.3) is 0 Å². The Hall–Kier alpha value is -1.92. The van der Waals surface area contributed by atoms with Crippen molar-refractivity contribution >= 4 is 11.6 Å². The monoisotopic (exact) mass is 276 g/mol. The van der Waals surface area contributed by atoms with Crippen LogP contribution >= 0.6 is 0 Å². The molecule has 2 N–H and O–H groups in total. The van der Waals surface area contributed by atoms with Crippen LogP contribution in [0.1, 0.15) is 6.42 Å². The van der Waals surface area contributed by atoms with Crippen molar-refractivity contribution in [1.29, 1.82) is 0 Å². The number of carbonyl (C=O) groups is 1. The second-order valence-corrected chi connectivity index (χ2v) is 3.95. The minimum atomic E-state index is -4.35. The average molecular weight is 276 g/mol. The van der Waals surface area contributed by atoms with Gasteiger partial charge in [0.15, 0.2) is 0 Å². The number of hydrogen-bond donors (Lipinski definition) is 1. The second-order valence-electron chi connectivity index (χ2n) is 3.95. The third kappa shape index (κ3) is 5.50. The van der Waals surface area contributed by atoms with Crippen molar-refractivity contribution in [3.05, 3.63) is 24.3 Å². The van der Waals surface area contributed by atoms with Gasteiger partial charge in [-0.2, -0.15) is 13.2 Å². The molecule has 0 unspecified atom stereocenters. The number of rotatable bonds is 6. The Morgan fingerprint density at radius 2 is 1.89 bits per heavy atom. The molecule has 7 heteroatoms. The van der Waals surface area contributed by atoms with Crippen LogP contribution < -0.4 is 15.4 Å². The predicted molar refractivity (Wildman–Crippen MR) is 65.1 cm³/mol. The van der Waals surface area contributed by atoms with Gasteiger partial charge in [-0.3, -0.25) is 4.79 Å². The van der Waals surface area contributed by atoms with E-state index in [-0.39, 0.29) is 13.0 Å². The van der Waals surface area contributed by atoms with Crippen molar-refractivity contribution in [2.24, 2.45) is 5.73 Å². The molecular weight excluding hydrogens is 261 g/mol. The van der Waals surface area contributed by atoms with E-state index in [2.05, 4.69) is 0 Å². The van der Waals surface area contributed by atoms with Gasteiger partial charge in [0.1, 0.15) is 12.3 Å². The van der Waals surface area contributed by atoms with E-state index >= 15 is 0 Å². The van der Waals surface area contributed by atoms with Crippen molar-refractivity contribution in [2.45, 2.75) is 12.6 Å². The number of nitrogens with two attached hydrogens (primary N) is 1. The maximum Gasteiger partial charge on any atom is 0.405 e. The Labute approximate surface area is 108 Å². The number of primary amides is 1. The fourth-order valence-electron chi connectivity index (χ4n) is 1.55. The Balaban J connectivity index is 2.83. The van der Waals surface area contributed by atoms with Crippen LogP contribution in [-0.2, 0) is 4.79 Å². The lowest BCUT2D eigenvalue weighted by Gasteiger charge is -2.25. The molecule has 0 fully saturated rings. The van der Waals surface area contributed by atoms with Gasteiger partial charge in [0.05, 0.1) is 7.11 Å². The van der Waals surface area contributed by atoms with Gasteiger partial charge < -0.3 is 15.4 Å². The topological polar surface area (TPSA) is 55.6 Å². The van der Waals surface area contributed by atoms with Crippen LogP contribution in [0, 0.1) is 0 Å². The predicted octanol–water partition coefficient (Wildman–Crippen LogP) is 1.94. The van der Waals surface area contributed by atoms with Gasteiger partial charge in [0, 0.05) is 18.7 Å². The van der Waals surface area contributed by atoms with E-state index in [0.29, 0.717) is 11.4 Å². The molecule has 4 nitrogen and oxygen atoms in total. The van der Waals surface area contributed by atoms with E-state index in [1.165, 1.54) is 19.2 Å². The number of halogens is 3. The summed E-state index contributed by atoms with van der Waals surface area (Å²) in [7, 11) is 1.47. The van der Waals surface area contributed by atoms with Gasteiger partial charge in [-0.1, -0.05) is 0 Å². The molecule has 0 aromatic heterocycles. The van der Waals surface area contributed by atoms with Gasteiger partial charge in [-0.05, 0) is 24.3 Å². The second kappa shape index (κ2) is 6.31. The third-order valence-electron chi connectivity index (χ3n) is 2.44. The molecule has 0 bridgehead atoms. The van der Waals surface area contributed by atoms with Crippen LogP contribution in [0.25, 0.3) is 0 Å². The number of alkyl halides is 3. The molecule has 0 radical (unpaired) electrons. The smallest absolute Gasteiger partial charge is 0.405 e. The lowest BCUT2D eigenvalue weighted by molar-refractivity contribution is -0.122. The maximum absolute atomic E-state index is 12.5. The van der Waals surface area contributed by atoms with Gasteiger partial charge in [0.2, 0.25) is 5.91 Å². The highest BCUT2D eigenvalue weighted by Gasteiger charge is 2.31. The highest BCUT2D eigenvalue weighted by atomic mass is 19.4. The fraction of sp³-hybridized carbons (Fsp3) is 0.417. The zero-order valence-electron chi connectivity index (χ0n) is 10.4. The minimum Gasteiger partial charge on any atom is -0.497 e. The number of hydrogen-bond acceptors (Lipinski definition) is 3. The molecule has 1 aromatic rings. The van der Waals surface area contributed by atoms with E-state index in [1.807, 2.05) is 0 Å². The summed E-state index contributed by atoms with van der Waals surface area (Å²) in [4.78, 5) is 11.8. The lowest BCUT2D eigenvalue weighted by atomic mass is 10.2. The van der Waals surface area contributed by atoms with Crippen LogP contribution in [0.15, 0.2) is 24.3 Å². The van der Waals surface area contributed by atoms with E-state index in [4.69, 9.17) is 10.5 Å². The highest BCUT2D eigenvalue weighted by Crippen LogP contribution is 2.24. The van der Waals surface area contributed by atoms with E-state index in [1.54, 1.807) is 12.1 Å². The number of methoxy groups -OCH3 is 1. The number of benzene rings is 1. The molecule has 106 valence electrons. The number of ether oxygens (including phenoxy) is 1. The average Bonchev–Trinajstić information content (AvgIpc) is 2.33. The van der Waals surface area contributed by atoms with Crippen LogP contribution in [-0.4, -0.2) is 32.3 Å². The number of amides is 1. The first-order valence-corrected chi connectivity index (χ1v) is 5.56. The first-order chi connectivity index (χ1) is 8.81. The van der Waals surface area contributed by atoms with E-state index < -0.39 is 18.6 Å². The summed E-state index contributed by atoms with van der Waals surface area (Å²) in [6.07, 6.45) is -4.49. The zero-order chi connectivity index (χ0) is 14.5. The molecule has 1 aromatic carbocycles. The molecule has 19 heavy (non-hydrogen) atoms. The van der Waals surface area contributed by atoms with Crippen molar-refractivity contribution in [1.82, 2.24) is 0 Å². The Bertz CT molecular complexity index is 418. The Morgan fingerprint density at radius 3 is 2.32 bits per heavy atom. The molecule has 0 heterocycles. The molecular formula is C12H15F3N2O2. The van der Waals surface area contributed by atoms with Crippen LogP contribution in [0.5, 0.6) is 5.75 Å². The van der Waals surface area contributed by atoms with Gasteiger partial charge in [-0.25, -0.2) is 0 Å². The number of carbonyl (C=O) groups excluding carboxylic acids is 1. The number of anilines is 1. The molecule has 0 saturated carbocycles. The zero-order valence-corrected chi connectivity index (χ0v) is 10.4. The molecule has 0 saturated heterocycles. The van der Waals surface area contributed by atoms with Crippen LogP contribution in [0.4, 0.5) is 18.9 Å². The summed E-state index contributed by atoms with van der Waals surface area (Å²) in [5, 5.41) is 0. The molecule has 0 atom stereocenters. The fourth-order valence-corrected chi connectivity index (χ4v) is 1.55. The standard InChI is InChI=1S/C12H15F3N2O2/c1-19-10-4-2-9(3-5-10)17(7-6-11(16)18)8-12(13,14)15/h2-5H,6-8H2,1H3,(H2,16,18). The lowest BCUT2D eigenvalue weighted by Crippen LogP contribution is -2.36. The first kappa shape index (κ1) is 15.1. The molecule has 1 amide bonds. The Morgan fingerprint density at radius 1 is 1.32 bits per heavy atom. The Kier molecular flexibility index (Phi) is 5.02. The first-order valence-electron chi connectivity index (χ1n) is 5.56. The van der Waals surface area contributed by atoms with E-state index in [0.717, 1.165) is 4.90 Å². The van der Waals surface area contributed by atoms with Gasteiger partial charge >= 0.3 is 6.18 Å². The molecule has 0 aliphatic rings. The molecule has 0 aliphatic carbocycles. The summed E-state index contributed by atoms with van der Waals surface area (Å²) in [6, 6.07) is 6.13. The minimum absolute atomic E-state index is 0.0822. The summed E-state index contributed by atoms with van der Waals surface area (Å²) >= 11 is 0. The highest BCUT2D eigenvalue weighted by molar-refractivity contribution is 5.74. The normalized spacial score (nSPS) is 11.2. The van der Waals surface area contributed by atoms with Gasteiger partial charge in [-0.15, -0.1) is 0 Å². The third-order valence-corrected chi connectivity index (χ3v) is 2.44. The number of nitrogens with zero attached hydrogens (tertiary/aromatic N) is 1. The SMILES string of the molecule is COc1ccc(N(CCC(N)=O)CC(F)(F)F)cc1. The summed E-state index contributed by atoms with van der Waals surface area (Å²) in [5.41, 5.74) is 5.32. The van der Waals surface area contributed by atoms with Crippen molar-refractivity contribution < 1.29 is 22.7 Å². The van der Waals surface area contributed by atoms with E-state index in [9.17, 15) is 18.0 Å². The largest absolute Gasteiger partial charge is 0.497 e.